The second-order valence-corrected chi connectivity index (χ2v) is 9.61. The first-order valence-corrected chi connectivity index (χ1v) is 11.4. The molecule has 2 unspecified atom stereocenters. The molecule has 1 heterocycles. The van der Waals surface area contributed by atoms with E-state index in [0.717, 1.165) is 18.5 Å². The summed E-state index contributed by atoms with van der Waals surface area (Å²) in [5.41, 5.74) is 3.56. The highest BCUT2D eigenvalue weighted by molar-refractivity contribution is 8.17. The van der Waals surface area contributed by atoms with Gasteiger partial charge in [0.25, 0.3) is 0 Å². The van der Waals surface area contributed by atoms with Gasteiger partial charge in [0.05, 0.1) is 16.3 Å². The highest BCUT2D eigenvalue weighted by Gasteiger charge is 2.34. The van der Waals surface area contributed by atoms with Crippen LogP contribution in [0.25, 0.3) is 0 Å². The van der Waals surface area contributed by atoms with Crippen LogP contribution >= 0.6 is 35.1 Å². The van der Waals surface area contributed by atoms with Gasteiger partial charge in [-0.25, -0.2) is 0 Å². The van der Waals surface area contributed by atoms with Crippen molar-refractivity contribution in [2.24, 2.45) is 0 Å². The van der Waals surface area contributed by atoms with Gasteiger partial charge in [0.2, 0.25) is 5.91 Å². The maximum absolute atomic E-state index is 13.0. The summed E-state index contributed by atoms with van der Waals surface area (Å²) >= 11 is 10.2. The number of aryl methyl sites for hydroxylation is 2. The zero-order valence-corrected chi connectivity index (χ0v) is 17.4. The van der Waals surface area contributed by atoms with Crippen LogP contribution in [0.4, 0.5) is 5.69 Å². The Morgan fingerprint density at radius 1 is 1.21 bits per heavy atom. The SMILES string of the molecule is CCc1cccc(CC)c1N(C(=O)C(C)Cl)C(C)C1SCCCS1. The van der Waals surface area contributed by atoms with Gasteiger partial charge in [-0.05, 0) is 55.7 Å². The third-order valence-electron chi connectivity index (χ3n) is 4.44. The van der Waals surface area contributed by atoms with E-state index >= 15 is 0 Å². The number of halogens is 1. The molecular formula is C19H28ClNOS2. The molecule has 0 spiro atoms. The fourth-order valence-corrected chi connectivity index (χ4v) is 6.27. The third-order valence-corrected chi connectivity index (χ3v) is 7.93. The average Bonchev–Trinajstić information content (AvgIpc) is 2.62. The number of hydrogen-bond donors (Lipinski definition) is 0. The van der Waals surface area contributed by atoms with Gasteiger partial charge in [-0.3, -0.25) is 4.79 Å². The van der Waals surface area contributed by atoms with Crippen molar-refractivity contribution in [3.63, 3.8) is 0 Å². The minimum absolute atomic E-state index is 0.0199. The minimum atomic E-state index is -0.513. The van der Waals surface area contributed by atoms with Gasteiger partial charge in [0.1, 0.15) is 5.38 Å². The third kappa shape index (κ3) is 4.44. The lowest BCUT2D eigenvalue weighted by atomic mass is 10.0. The van der Waals surface area contributed by atoms with Crippen LogP contribution in [0.3, 0.4) is 0 Å². The number of carbonyl (C=O) groups is 1. The molecule has 1 amide bonds. The van der Waals surface area contributed by atoms with E-state index in [4.69, 9.17) is 11.6 Å². The Balaban J connectivity index is 2.48. The highest BCUT2D eigenvalue weighted by Crippen LogP contribution is 2.38. The van der Waals surface area contributed by atoms with E-state index in [1.165, 1.54) is 29.1 Å². The molecule has 1 aromatic carbocycles. The molecule has 0 aromatic heterocycles. The van der Waals surface area contributed by atoms with Crippen molar-refractivity contribution < 1.29 is 4.79 Å². The summed E-state index contributed by atoms with van der Waals surface area (Å²) in [6.45, 7) is 8.27. The van der Waals surface area contributed by atoms with E-state index in [9.17, 15) is 4.79 Å². The Morgan fingerprint density at radius 2 is 1.75 bits per heavy atom. The summed E-state index contributed by atoms with van der Waals surface area (Å²) in [7, 11) is 0. The quantitative estimate of drug-likeness (QED) is 0.615. The zero-order valence-electron chi connectivity index (χ0n) is 15.0. The monoisotopic (exact) mass is 385 g/mol. The summed E-state index contributed by atoms with van der Waals surface area (Å²) in [6, 6.07) is 6.51. The number of amides is 1. The van der Waals surface area contributed by atoms with Crippen molar-refractivity contribution in [3.05, 3.63) is 29.3 Å². The highest BCUT2D eigenvalue weighted by atomic mass is 35.5. The first-order valence-electron chi connectivity index (χ1n) is 8.82. The maximum Gasteiger partial charge on any atom is 0.245 e. The van der Waals surface area contributed by atoms with Crippen molar-refractivity contribution in [2.45, 2.75) is 63.0 Å². The molecule has 0 N–H and O–H groups in total. The standard InChI is InChI=1S/C19H28ClNOS2/c1-5-15-9-7-10-16(6-2)17(15)21(18(22)13(3)20)14(4)19-23-11-8-12-24-19/h7,9-10,13-14,19H,5-6,8,11-12H2,1-4H3. The molecule has 0 radical (unpaired) electrons. The maximum atomic E-state index is 13.0. The molecular weight excluding hydrogens is 358 g/mol. The van der Waals surface area contributed by atoms with E-state index in [1.54, 1.807) is 6.92 Å². The second kappa shape index (κ2) is 9.40. The van der Waals surface area contributed by atoms with Gasteiger partial charge in [-0.2, -0.15) is 0 Å². The second-order valence-electron chi connectivity index (χ2n) is 6.16. The predicted octanol–water partition coefficient (Wildman–Crippen LogP) is 5.36. The Kier molecular flexibility index (Phi) is 7.83. The molecule has 0 bridgehead atoms. The molecule has 2 rings (SSSR count). The summed E-state index contributed by atoms with van der Waals surface area (Å²) in [4.78, 5) is 15.0. The van der Waals surface area contributed by atoms with Crippen LogP contribution in [0.1, 0.15) is 45.2 Å². The molecule has 1 aromatic rings. The smallest absolute Gasteiger partial charge is 0.245 e. The molecule has 1 aliphatic heterocycles. The van der Waals surface area contributed by atoms with E-state index in [1.807, 2.05) is 28.4 Å². The number of para-hydroxylation sites is 1. The van der Waals surface area contributed by atoms with Crippen LogP contribution in [0.15, 0.2) is 18.2 Å². The van der Waals surface area contributed by atoms with Gasteiger partial charge in [-0.1, -0.05) is 32.0 Å². The van der Waals surface area contributed by atoms with Gasteiger partial charge in [-0.15, -0.1) is 35.1 Å². The molecule has 2 nitrogen and oxygen atoms in total. The molecule has 5 heteroatoms. The average molecular weight is 386 g/mol. The Morgan fingerprint density at radius 3 is 2.21 bits per heavy atom. The van der Waals surface area contributed by atoms with Gasteiger partial charge in [0.15, 0.2) is 0 Å². The van der Waals surface area contributed by atoms with Crippen LogP contribution in [0.2, 0.25) is 0 Å². The molecule has 1 fully saturated rings. The van der Waals surface area contributed by atoms with Crippen LogP contribution in [-0.2, 0) is 17.6 Å². The molecule has 1 saturated heterocycles. The zero-order chi connectivity index (χ0) is 17.7. The van der Waals surface area contributed by atoms with Gasteiger partial charge in [0, 0.05) is 0 Å². The fraction of sp³-hybridized carbons (Fsp3) is 0.632. The lowest BCUT2D eigenvalue weighted by molar-refractivity contribution is -0.118. The van der Waals surface area contributed by atoms with E-state index in [-0.39, 0.29) is 11.9 Å². The van der Waals surface area contributed by atoms with Gasteiger partial charge < -0.3 is 4.90 Å². The number of rotatable bonds is 6. The van der Waals surface area contributed by atoms with Crippen molar-refractivity contribution in [2.75, 3.05) is 16.4 Å². The summed E-state index contributed by atoms with van der Waals surface area (Å²) < 4.78 is 0.410. The van der Waals surface area contributed by atoms with E-state index < -0.39 is 5.38 Å². The largest absolute Gasteiger partial charge is 0.306 e. The number of alkyl halides is 1. The van der Waals surface area contributed by atoms with Crippen LogP contribution in [0.5, 0.6) is 0 Å². The van der Waals surface area contributed by atoms with Crippen LogP contribution < -0.4 is 4.90 Å². The van der Waals surface area contributed by atoms with Crippen molar-refractivity contribution in [1.82, 2.24) is 0 Å². The lowest BCUT2D eigenvalue weighted by Crippen LogP contribution is -2.47. The Hall–Kier alpha value is -0.320. The van der Waals surface area contributed by atoms with Crippen molar-refractivity contribution in [3.8, 4) is 0 Å². The number of anilines is 1. The van der Waals surface area contributed by atoms with Crippen LogP contribution in [-0.4, -0.2) is 33.4 Å². The summed E-state index contributed by atoms with van der Waals surface area (Å²) in [5, 5.41) is -0.513. The van der Waals surface area contributed by atoms with Crippen molar-refractivity contribution >= 4 is 46.7 Å². The van der Waals surface area contributed by atoms with Crippen molar-refractivity contribution in [1.29, 1.82) is 0 Å². The number of benzene rings is 1. The number of carbonyl (C=O) groups excluding carboxylic acids is 1. The Bertz CT molecular complexity index is 536. The molecule has 1 aliphatic rings. The molecule has 0 aliphatic carbocycles. The number of hydrogen-bond acceptors (Lipinski definition) is 3. The number of thioether (sulfide) groups is 2. The summed E-state index contributed by atoms with van der Waals surface area (Å²) in [5.74, 6) is 2.37. The topological polar surface area (TPSA) is 20.3 Å². The molecule has 2 atom stereocenters. The fourth-order valence-electron chi connectivity index (χ4n) is 3.14. The molecule has 24 heavy (non-hydrogen) atoms. The molecule has 134 valence electrons. The first-order chi connectivity index (χ1) is 11.5. The predicted molar refractivity (Wildman–Crippen MR) is 111 cm³/mol. The van der Waals surface area contributed by atoms with E-state index in [0.29, 0.717) is 4.58 Å². The minimum Gasteiger partial charge on any atom is -0.306 e. The normalized spacial score (nSPS) is 18.2. The number of nitrogens with zero attached hydrogens (tertiary/aromatic N) is 1. The Labute approximate surface area is 160 Å². The lowest BCUT2D eigenvalue weighted by Gasteiger charge is -2.38. The molecule has 0 saturated carbocycles. The summed E-state index contributed by atoms with van der Waals surface area (Å²) in [6.07, 6.45) is 3.09. The van der Waals surface area contributed by atoms with E-state index in [2.05, 4.69) is 39.0 Å². The van der Waals surface area contributed by atoms with Crippen LogP contribution in [0, 0.1) is 0 Å². The van der Waals surface area contributed by atoms with Gasteiger partial charge >= 0.3 is 0 Å². The first kappa shape index (κ1) is 20.0.